The van der Waals surface area contributed by atoms with Crippen LogP contribution in [0.25, 0.3) is 0 Å². The molecule has 0 saturated carbocycles. The van der Waals surface area contributed by atoms with Crippen LogP contribution in [0, 0.1) is 5.92 Å². The highest BCUT2D eigenvalue weighted by atomic mass is 35.7. The van der Waals surface area contributed by atoms with Gasteiger partial charge in [-0.15, -0.1) is 0 Å². The van der Waals surface area contributed by atoms with Gasteiger partial charge in [0.25, 0.3) is 15.0 Å². The minimum atomic E-state index is -3.85. The molecule has 1 aromatic carbocycles. The van der Waals surface area contributed by atoms with Crippen LogP contribution in [0.5, 0.6) is 0 Å². The largest absolute Gasteiger partial charge is 0.341 e. The van der Waals surface area contributed by atoms with Crippen molar-refractivity contribution in [3.8, 4) is 0 Å². The second kappa shape index (κ2) is 7.27. The van der Waals surface area contributed by atoms with E-state index in [-0.39, 0.29) is 10.8 Å². The van der Waals surface area contributed by atoms with Gasteiger partial charge in [0, 0.05) is 29.8 Å². The first-order valence-electron chi connectivity index (χ1n) is 7.03. The second-order valence-electron chi connectivity index (χ2n) is 5.31. The van der Waals surface area contributed by atoms with Crippen molar-refractivity contribution in [1.82, 2.24) is 4.90 Å². The molecule has 0 radical (unpaired) electrons. The predicted octanol–water partition coefficient (Wildman–Crippen LogP) is 3.29. The van der Waals surface area contributed by atoms with Crippen LogP contribution in [0.3, 0.4) is 0 Å². The van der Waals surface area contributed by atoms with Crippen LogP contribution in [0.1, 0.15) is 43.1 Å². The van der Waals surface area contributed by atoms with Crippen LogP contribution < -0.4 is 0 Å². The minimum Gasteiger partial charge on any atom is -0.341 e. The van der Waals surface area contributed by atoms with Gasteiger partial charge in [0.2, 0.25) is 0 Å². The third-order valence-corrected chi connectivity index (χ3v) is 4.99. The van der Waals surface area contributed by atoms with E-state index in [0.717, 1.165) is 6.42 Å². The molecule has 118 valence electrons. The summed E-state index contributed by atoms with van der Waals surface area (Å²) >= 11 is 0. The number of hydrogen-bond donors (Lipinski definition) is 0. The van der Waals surface area contributed by atoms with Gasteiger partial charge in [-0.05, 0) is 30.0 Å². The van der Waals surface area contributed by atoms with E-state index in [1.165, 1.54) is 6.07 Å². The quantitative estimate of drug-likeness (QED) is 0.751. The van der Waals surface area contributed by atoms with E-state index in [9.17, 15) is 13.2 Å². The third kappa shape index (κ3) is 4.71. The topological polar surface area (TPSA) is 54.5 Å². The molecule has 0 saturated heterocycles. The van der Waals surface area contributed by atoms with Crippen LogP contribution in [-0.4, -0.2) is 32.8 Å². The SMILES string of the molecule is CCc1ccc(C(=O)N(C)CC(C)CC)cc1S(=O)(=O)Cl. The van der Waals surface area contributed by atoms with Crippen molar-refractivity contribution < 1.29 is 13.2 Å². The Morgan fingerprint density at radius 3 is 2.43 bits per heavy atom. The predicted molar refractivity (Wildman–Crippen MR) is 85.3 cm³/mol. The summed E-state index contributed by atoms with van der Waals surface area (Å²) in [6, 6.07) is 4.68. The van der Waals surface area contributed by atoms with Gasteiger partial charge >= 0.3 is 0 Å². The molecule has 21 heavy (non-hydrogen) atoms. The van der Waals surface area contributed by atoms with Crippen molar-refractivity contribution in [3.05, 3.63) is 29.3 Å². The average Bonchev–Trinajstić information content (AvgIpc) is 2.44. The van der Waals surface area contributed by atoms with E-state index in [2.05, 4.69) is 13.8 Å². The highest BCUT2D eigenvalue weighted by Crippen LogP contribution is 2.23. The molecule has 1 amide bonds. The van der Waals surface area contributed by atoms with Gasteiger partial charge in [0.05, 0.1) is 4.90 Å². The lowest BCUT2D eigenvalue weighted by Gasteiger charge is -2.21. The van der Waals surface area contributed by atoms with E-state index in [0.29, 0.717) is 30.0 Å². The number of carbonyl (C=O) groups is 1. The first-order valence-corrected chi connectivity index (χ1v) is 9.34. The van der Waals surface area contributed by atoms with Crippen LogP contribution in [0.2, 0.25) is 0 Å². The molecule has 0 aromatic heterocycles. The summed E-state index contributed by atoms with van der Waals surface area (Å²) in [7, 11) is 3.32. The third-order valence-electron chi connectivity index (χ3n) is 3.59. The smallest absolute Gasteiger partial charge is 0.261 e. The van der Waals surface area contributed by atoms with Gasteiger partial charge in [0.15, 0.2) is 0 Å². The normalized spacial score (nSPS) is 13.0. The zero-order chi connectivity index (χ0) is 16.2. The molecule has 0 N–H and O–H groups in total. The number of rotatable bonds is 6. The molecule has 0 aliphatic carbocycles. The van der Waals surface area contributed by atoms with Crippen LogP contribution in [0.15, 0.2) is 23.1 Å². The van der Waals surface area contributed by atoms with Crippen molar-refractivity contribution in [2.45, 2.75) is 38.5 Å². The van der Waals surface area contributed by atoms with E-state index < -0.39 is 9.05 Å². The van der Waals surface area contributed by atoms with Crippen molar-refractivity contribution >= 4 is 25.6 Å². The summed E-state index contributed by atoms with van der Waals surface area (Å²) < 4.78 is 23.2. The lowest BCUT2D eigenvalue weighted by atomic mass is 10.1. The van der Waals surface area contributed by atoms with Gasteiger partial charge < -0.3 is 4.90 Å². The first-order chi connectivity index (χ1) is 9.70. The van der Waals surface area contributed by atoms with Gasteiger partial charge in [-0.1, -0.05) is 33.3 Å². The molecule has 4 nitrogen and oxygen atoms in total. The Kier molecular flexibility index (Phi) is 6.23. The lowest BCUT2D eigenvalue weighted by Crippen LogP contribution is -2.31. The van der Waals surface area contributed by atoms with E-state index >= 15 is 0 Å². The van der Waals surface area contributed by atoms with Gasteiger partial charge in [0.1, 0.15) is 0 Å². The number of nitrogens with zero attached hydrogens (tertiary/aromatic N) is 1. The fraction of sp³-hybridized carbons (Fsp3) is 0.533. The molecular formula is C15H22ClNO3S. The summed E-state index contributed by atoms with van der Waals surface area (Å²) in [5.41, 5.74) is 0.961. The summed E-state index contributed by atoms with van der Waals surface area (Å²) in [6.07, 6.45) is 1.52. The van der Waals surface area contributed by atoms with Gasteiger partial charge in [-0.3, -0.25) is 4.79 Å². The highest BCUT2D eigenvalue weighted by Gasteiger charge is 2.20. The monoisotopic (exact) mass is 331 g/mol. The fourth-order valence-corrected chi connectivity index (χ4v) is 3.33. The number of carbonyl (C=O) groups excluding carboxylic acids is 1. The number of halogens is 1. The zero-order valence-electron chi connectivity index (χ0n) is 12.9. The van der Waals surface area contributed by atoms with Gasteiger partial charge in [-0.25, -0.2) is 8.42 Å². The van der Waals surface area contributed by atoms with Crippen LogP contribution >= 0.6 is 10.7 Å². The molecule has 0 bridgehead atoms. The molecule has 6 heteroatoms. The summed E-state index contributed by atoms with van der Waals surface area (Å²) in [4.78, 5) is 14.0. The maximum Gasteiger partial charge on any atom is 0.261 e. The molecule has 1 rings (SSSR count). The van der Waals surface area contributed by atoms with Crippen molar-refractivity contribution in [2.75, 3.05) is 13.6 Å². The second-order valence-corrected chi connectivity index (χ2v) is 7.85. The highest BCUT2D eigenvalue weighted by molar-refractivity contribution is 8.13. The zero-order valence-corrected chi connectivity index (χ0v) is 14.5. The Morgan fingerprint density at radius 2 is 1.95 bits per heavy atom. The number of aryl methyl sites for hydroxylation is 1. The molecule has 0 aliphatic heterocycles. The molecule has 1 unspecified atom stereocenters. The fourth-order valence-electron chi connectivity index (χ4n) is 2.11. The van der Waals surface area contributed by atoms with Gasteiger partial charge in [-0.2, -0.15) is 0 Å². The van der Waals surface area contributed by atoms with Crippen molar-refractivity contribution in [2.24, 2.45) is 5.92 Å². The summed E-state index contributed by atoms with van der Waals surface area (Å²) in [5.74, 6) is 0.199. The molecule has 1 aromatic rings. The molecule has 0 heterocycles. The Hall–Kier alpha value is -1.07. The van der Waals surface area contributed by atoms with E-state index in [1.807, 2.05) is 6.92 Å². The van der Waals surface area contributed by atoms with E-state index in [1.54, 1.807) is 24.1 Å². The maximum atomic E-state index is 12.4. The summed E-state index contributed by atoms with van der Waals surface area (Å²) in [6.45, 7) is 6.61. The molecule has 0 spiro atoms. The number of amides is 1. The maximum absolute atomic E-state index is 12.4. The number of benzene rings is 1. The minimum absolute atomic E-state index is 0.0226. The lowest BCUT2D eigenvalue weighted by molar-refractivity contribution is 0.0774. The van der Waals surface area contributed by atoms with Crippen molar-refractivity contribution in [3.63, 3.8) is 0 Å². The Balaban J connectivity index is 3.12. The van der Waals surface area contributed by atoms with Crippen LogP contribution in [-0.2, 0) is 15.5 Å². The Labute approximate surface area is 131 Å². The number of hydrogen-bond acceptors (Lipinski definition) is 3. The van der Waals surface area contributed by atoms with Crippen LogP contribution in [0.4, 0.5) is 0 Å². The molecule has 1 atom stereocenters. The first kappa shape index (κ1) is 18.0. The van der Waals surface area contributed by atoms with Crippen molar-refractivity contribution in [1.29, 1.82) is 0 Å². The molecular weight excluding hydrogens is 310 g/mol. The molecule has 0 fully saturated rings. The Bertz CT molecular complexity index is 613. The standard InChI is InChI=1S/C15H22ClNO3S/c1-5-11(3)10-17(4)15(18)13-8-7-12(6-2)14(9-13)21(16,19)20/h7-9,11H,5-6,10H2,1-4H3. The summed E-state index contributed by atoms with van der Waals surface area (Å²) in [5, 5.41) is 0. The average molecular weight is 332 g/mol. The molecule has 0 aliphatic rings. The Morgan fingerprint density at radius 1 is 1.33 bits per heavy atom. The van der Waals surface area contributed by atoms with E-state index in [4.69, 9.17) is 10.7 Å².